The summed E-state index contributed by atoms with van der Waals surface area (Å²) in [6, 6.07) is 1.07. The van der Waals surface area contributed by atoms with E-state index in [2.05, 4.69) is 0 Å². The molecule has 0 amide bonds. The van der Waals surface area contributed by atoms with Crippen LogP contribution in [0.2, 0.25) is 0 Å². The third kappa shape index (κ3) is 2.07. The first-order valence-corrected chi connectivity index (χ1v) is 6.71. The Morgan fingerprint density at radius 1 is 1.41 bits per heavy atom. The van der Waals surface area contributed by atoms with E-state index in [-0.39, 0.29) is 16.4 Å². The lowest BCUT2D eigenvalue weighted by molar-refractivity contribution is 0.0661. The second-order valence-corrected chi connectivity index (χ2v) is 5.85. The van der Waals surface area contributed by atoms with Crippen LogP contribution in [0.3, 0.4) is 0 Å². The second-order valence-electron chi connectivity index (χ2n) is 3.95. The summed E-state index contributed by atoms with van der Waals surface area (Å²) in [4.78, 5) is 10.7. The number of aryl methyl sites for hydroxylation is 1. The minimum Gasteiger partial charge on any atom is -0.475 e. The fraction of sp³-hybridized carbons (Fsp3) is 0.500. The van der Waals surface area contributed by atoms with E-state index in [4.69, 9.17) is 9.52 Å². The Balaban J connectivity index is 2.42. The molecule has 1 saturated heterocycles. The predicted octanol–water partition coefficient (Wildman–Crippen LogP) is 1.07. The van der Waals surface area contributed by atoms with Crippen LogP contribution in [0.15, 0.2) is 15.4 Å². The molecule has 1 fully saturated rings. The van der Waals surface area contributed by atoms with Gasteiger partial charge >= 0.3 is 5.97 Å². The summed E-state index contributed by atoms with van der Waals surface area (Å²) < 4.78 is 30.6. The molecule has 7 heteroatoms. The maximum absolute atomic E-state index is 12.2. The van der Waals surface area contributed by atoms with Crippen LogP contribution >= 0.6 is 0 Å². The summed E-state index contributed by atoms with van der Waals surface area (Å²) in [5, 5.41) is 8.75. The van der Waals surface area contributed by atoms with Crippen molar-refractivity contribution in [1.29, 1.82) is 0 Å². The van der Waals surface area contributed by atoms with Crippen LogP contribution in [-0.2, 0) is 10.0 Å². The van der Waals surface area contributed by atoms with Crippen molar-refractivity contribution in [3.63, 3.8) is 0 Å². The predicted molar refractivity (Wildman–Crippen MR) is 58.4 cm³/mol. The lowest BCUT2D eigenvalue weighted by Crippen LogP contribution is -2.28. The highest BCUT2D eigenvalue weighted by atomic mass is 32.2. The molecule has 2 heterocycles. The van der Waals surface area contributed by atoms with E-state index in [0.717, 1.165) is 18.9 Å². The van der Waals surface area contributed by atoms with Gasteiger partial charge in [0, 0.05) is 19.2 Å². The summed E-state index contributed by atoms with van der Waals surface area (Å²) in [7, 11) is -3.61. The van der Waals surface area contributed by atoms with Crippen LogP contribution in [0.25, 0.3) is 0 Å². The number of carboxylic acid groups (broad SMARTS) is 1. The molecule has 1 aromatic rings. The Hall–Kier alpha value is -1.34. The molecular formula is C10H13NO5S. The first kappa shape index (κ1) is 12.1. The van der Waals surface area contributed by atoms with Crippen LogP contribution in [0.4, 0.5) is 0 Å². The van der Waals surface area contributed by atoms with Gasteiger partial charge in [-0.15, -0.1) is 0 Å². The molecule has 94 valence electrons. The van der Waals surface area contributed by atoms with Gasteiger partial charge in [-0.3, -0.25) is 0 Å². The molecule has 2 rings (SSSR count). The molecule has 0 bridgehead atoms. The van der Waals surface area contributed by atoms with Crippen LogP contribution in [0.1, 0.15) is 29.2 Å². The molecule has 6 nitrogen and oxygen atoms in total. The number of furan rings is 1. The van der Waals surface area contributed by atoms with Crippen molar-refractivity contribution in [3.05, 3.63) is 17.6 Å². The topological polar surface area (TPSA) is 87.8 Å². The number of nitrogens with zero attached hydrogens (tertiary/aromatic N) is 1. The van der Waals surface area contributed by atoms with Crippen molar-refractivity contribution < 1.29 is 22.7 Å². The zero-order valence-corrected chi connectivity index (χ0v) is 10.2. The molecule has 1 aliphatic heterocycles. The van der Waals surface area contributed by atoms with Crippen molar-refractivity contribution in [2.75, 3.05) is 13.1 Å². The molecule has 0 aromatic carbocycles. The Kier molecular flexibility index (Phi) is 2.96. The largest absolute Gasteiger partial charge is 0.475 e. The van der Waals surface area contributed by atoms with Gasteiger partial charge in [0.05, 0.1) is 0 Å². The third-order valence-corrected chi connectivity index (χ3v) is 4.77. The summed E-state index contributed by atoms with van der Waals surface area (Å²) in [5.74, 6) is -1.49. The Labute approximate surface area is 98.9 Å². The first-order chi connectivity index (χ1) is 7.93. The molecule has 0 atom stereocenters. The van der Waals surface area contributed by atoms with Crippen molar-refractivity contribution in [2.24, 2.45) is 0 Å². The first-order valence-electron chi connectivity index (χ1n) is 5.27. The summed E-state index contributed by atoms with van der Waals surface area (Å²) in [6.07, 6.45) is 1.67. The third-order valence-electron chi connectivity index (χ3n) is 2.77. The standard InChI is InChI=1S/C10H13NO5S/c1-7-9(6-8(16-7)10(12)13)17(14,15)11-4-2-3-5-11/h6H,2-5H2,1H3,(H,12,13). The summed E-state index contributed by atoms with van der Waals surface area (Å²) >= 11 is 0. The molecular weight excluding hydrogens is 246 g/mol. The normalized spacial score (nSPS) is 17.5. The number of carbonyl (C=O) groups is 1. The molecule has 17 heavy (non-hydrogen) atoms. The van der Waals surface area contributed by atoms with Crippen molar-refractivity contribution in [2.45, 2.75) is 24.7 Å². The molecule has 0 saturated carbocycles. The van der Waals surface area contributed by atoms with Crippen LogP contribution in [0, 0.1) is 6.92 Å². The fourth-order valence-corrected chi connectivity index (χ4v) is 3.57. The number of hydrogen-bond donors (Lipinski definition) is 1. The van der Waals surface area contributed by atoms with Gasteiger partial charge in [0.25, 0.3) is 0 Å². The van der Waals surface area contributed by atoms with E-state index < -0.39 is 16.0 Å². The molecule has 1 aliphatic rings. The van der Waals surface area contributed by atoms with Gasteiger partial charge in [-0.1, -0.05) is 0 Å². The van der Waals surface area contributed by atoms with E-state index in [1.807, 2.05) is 0 Å². The van der Waals surface area contributed by atoms with Crippen LogP contribution in [0.5, 0.6) is 0 Å². The van der Waals surface area contributed by atoms with E-state index >= 15 is 0 Å². The SMILES string of the molecule is Cc1oc(C(=O)O)cc1S(=O)(=O)N1CCCC1. The highest BCUT2D eigenvalue weighted by molar-refractivity contribution is 7.89. The Morgan fingerprint density at radius 2 is 2.00 bits per heavy atom. The number of sulfonamides is 1. The highest BCUT2D eigenvalue weighted by Gasteiger charge is 2.31. The number of aromatic carboxylic acids is 1. The monoisotopic (exact) mass is 259 g/mol. The van der Waals surface area contributed by atoms with Gasteiger partial charge in [0.2, 0.25) is 15.8 Å². The summed E-state index contributed by atoms with van der Waals surface area (Å²) in [6.45, 7) is 2.42. The van der Waals surface area contributed by atoms with Gasteiger partial charge < -0.3 is 9.52 Å². The van der Waals surface area contributed by atoms with E-state index in [1.54, 1.807) is 0 Å². The van der Waals surface area contributed by atoms with Gasteiger partial charge in [0.15, 0.2) is 0 Å². The van der Waals surface area contributed by atoms with E-state index in [9.17, 15) is 13.2 Å². The molecule has 1 aromatic heterocycles. The number of carboxylic acids is 1. The molecule has 0 aliphatic carbocycles. The second kappa shape index (κ2) is 4.15. The average Bonchev–Trinajstić information content (AvgIpc) is 2.85. The highest BCUT2D eigenvalue weighted by Crippen LogP contribution is 2.26. The average molecular weight is 259 g/mol. The molecule has 0 radical (unpaired) electrons. The molecule has 0 spiro atoms. The zero-order chi connectivity index (χ0) is 12.6. The van der Waals surface area contributed by atoms with Gasteiger partial charge in [-0.05, 0) is 19.8 Å². The Morgan fingerprint density at radius 3 is 2.47 bits per heavy atom. The minimum atomic E-state index is -3.61. The number of hydrogen-bond acceptors (Lipinski definition) is 4. The van der Waals surface area contributed by atoms with E-state index in [1.165, 1.54) is 11.2 Å². The molecule has 0 unspecified atom stereocenters. The summed E-state index contributed by atoms with van der Waals surface area (Å²) in [5.41, 5.74) is 0. The van der Waals surface area contributed by atoms with Gasteiger partial charge in [-0.25, -0.2) is 13.2 Å². The quantitative estimate of drug-likeness (QED) is 0.877. The van der Waals surface area contributed by atoms with Gasteiger partial charge in [0.1, 0.15) is 10.7 Å². The molecule has 1 N–H and O–H groups in total. The van der Waals surface area contributed by atoms with Gasteiger partial charge in [-0.2, -0.15) is 4.31 Å². The van der Waals surface area contributed by atoms with Crippen LogP contribution in [-0.4, -0.2) is 36.9 Å². The lowest BCUT2D eigenvalue weighted by atomic mass is 10.4. The maximum Gasteiger partial charge on any atom is 0.371 e. The Bertz CT molecular complexity index is 539. The fourth-order valence-electron chi connectivity index (χ4n) is 1.89. The smallest absolute Gasteiger partial charge is 0.371 e. The number of rotatable bonds is 3. The lowest BCUT2D eigenvalue weighted by Gasteiger charge is -2.14. The van der Waals surface area contributed by atoms with E-state index in [0.29, 0.717) is 13.1 Å². The van der Waals surface area contributed by atoms with Crippen molar-refractivity contribution in [1.82, 2.24) is 4.31 Å². The van der Waals surface area contributed by atoms with Crippen LogP contribution < -0.4 is 0 Å². The van der Waals surface area contributed by atoms with Crippen molar-refractivity contribution >= 4 is 16.0 Å². The zero-order valence-electron chi connectivity index (χ0n) is 9.34. The minimum absolute atomic E-state index is 0.0446. The maximum atomic E-state index is 12.2. The van der Waals surface area contributed by atoms with Crippen molar-refractivity contribution in [3.8, 4) is 0 Å².